The zero-order valence-corrected chi connectivity index (χ0v) is 8.91. The highest BCUT2D eigenvalue weighted by Gasteiger charge is 2.15. The van der Waals surface area contributed by atoms with Crippen LogP contribution in [0.25, 0.3) is 0 Å². The number of nitrogens with one attached hydrogen (secondary N) is 1. The first-order chi connectivity index (χ1) is 7.34. The van der Waals surface area contributed by atoms with Crippen LogP contribution in [0.2, 0.25) is 0 Å². The van der Waals surface area contributed by atoms with Crippen LogP contribution in [0.1, 0.15) is 24.8 Å². The fourth-order valence-electron chi connectivity index (χ4n) is 2.12. The molecule has 1 saturated heterocycles. The van der Waals surface area contributed by atoms with E-state index in [0.29, 0.717) is 12.3 Å². The zero-order valence-electron chi connectivity index (χ0n) is 8.91. The minimum absolute atomic E-state index is 0.213. The van der Waals surface area contributed by atoms with Gasteiger partial charge in [0.05, 0.1) is 0 Å². The van der Waals surface area contributed by atoms with Crippen LogP contribution in [0, 0.1) is 5.92 Å². The molecular weight excluding hydrogens is 186 g/mol. The van der Waals surface area contributed by atoms with Crippen LogP contribution in [-0.4, -0.2) is 12.5 Å². The first kappa shape index (κ1) is 10.2. The summed E-state index contributed by atoms with van der Waals surface area (Å²) in [6.07, 6.45) is 3.98. The molecule has 0 saturated carbocycles. The lowest BCUT2D eigenvalue weighted by Gasteiger charge is -2.13. The maximum absolute atomic E-state index is 11.2. The van der Waals surface area contributed by atoms with E-state index in [2.05, 4.69) is 29.6 Å². The van der Waals surface area contributed by atoms with Gasteiger partial charge >= 0.3 is 0 Å². The summed E-state index contributed by atoms with van der Waals surface area (Å²) in [7, 11) is 0. The number of carbonyl (C=O) groups is 1. The Morgan fingerprint density at radius 1 is 1.27 bits per heavy atom. The Balaban J connectivity index is 1.92. The second kappa shape index (κ2) is 4.96. The van der Waals surface area contributed by atoms with Gasteiger partial charge in [-0.1, -0.05) is 30.3 Å². The van der Waals surface area contributed by atoms with Gasteiger partial charge in [-0.25, -0.2) is 0 Å². The van der Waals surface area contributed by atoms with E-state index in [1.807, 2.05) is 6.07 Å². The lowest BCUT2D eigenvalue weighted by molar-refractivity contribution is -0.120. The standard InChI is InChI=1S/C13H17NO/c15-13-8-4-7-12(10-14-13)9-11-5-2-1-3-6-11/h1-3,5-6,12H,4,7-10H2,(H,14,15)/t12-/m1/s1. The molecule has 1 aliphatic rings. The maximum atomic E-state index is 11.2. The molecule has 0 aromatic heterocycles. The molecule has 1 N–H and O–H groups in total. The zero-order chi connectivity index (χ0) is 10.5. The summed E-state index contributed by atoms with van der Waals surface area (Å²) in [6.45, 7) is 0.841. The molecule has 0 radical (unpaired) electrons. The van der Waals surface area contributed by atoms with E-state index in [-0.39, 0.29) is 5.91 Å². The number of amides is 1. The molecule has 1 fully saturated rings. The Morgan fingerprint density at radius 3 is 2.87 bits per heavy atom. The number of rotatable bonds is 2. The van der Waals surface area contributed by atoms with Gasteiger partial charge in [0.1, 0.15) is 0 Å². The molecule has 1 aliphatic heterocycles. The molecule has 0 unspecified atom stereocenters. The molecule has 1 aromatic carbocycles. The fourth-order valence-corrected chi connectivity index (χ4v) is 2.12. The Kier molecular flexibility index (Phi) is 3.38. The van der Waals surface area contributed by atoms with E-state index in [4.69, 9.17) is 0 Å². The van der Waals surface area contributed by atoms with Gasteiger partial charge < -0.3 is 5.32 Å². The largest absolute Gasteiger partial charge is 0.356 e. The van der Waals surface area contributed by atoms with Gasteiger partial charge in [-0.05, 0) is 30.7 Å². The highest BCUT2D eigenvalue weighted by atomic mass is 16.1. The molecule has 0 aliphatic carbocycles. The molecule has 1 amide bonds. The Morgan fingerprint density at radius 2 is 2.07 bits per heavy atom. The Bertz CT molecular complexity index is 321. The van der Waals surface area contributed by atoms with Crippen LogP contribution in [0.5, 0.6) is 0 Å². The van der Waals surface area contributed by atoms with Crippen LogP contribution in [0.3, 0.4) is 0 Å². The molecule has 15 heavy (non-hydrogen) atoms. The lowest BCUT2D eigenvalue weighted by Crippen LogP contribution is -2.26. The molecule has 0 spiro atoms. The highest BCUT2D eigenvalue weighted by Crippen LogP contribution is 2.16. The van der Waals surface area contributed by atoms with Crippen LogP contribution >= 0.6 is 0 Å². The van der Waals surface area contributed by atoms with E-state index in [1.54, 1.807) is 0 Å². The van der Waals surface area contributed by atoms with Gasteiger partial charge in [-0.3, -0.25) is 4.79 Å². The molecule has 0 bridgehead atoms. The van der Waals surface area contributed by atoms with Crippen molar-refractivity contribution >= 4 is 5.91 Å². The summed E-state index contributed by atoms with van der Waals surface area (Å²) >= 11 is 0. The van der Waals surface area contributed by atoms with Crippen molar-refractivity contribution in [2.45, 2.75) is 25.7 Å². The average Bonchev–Trinajstić information content (AvgIpc) is 2.46. The van der Waals surface area contributed by atoms with E-state index in [9.17, 15) is 4.79 Å². The quantitative estimate of drug-likeness (QED) is 0.784. The molecule has 2 nitrogen and oxygen atoms in total. The smallest absolute Gasteiger partial charge is 0.220 e. The van der Waals surface area contributed by atoms with E-state index >= 15 is 0 Å². The average molecular weight is 203 g/mol. The third-order valence-electron chi connectivity index (χ3n) is 2.97. The molecule has 80 valence electrons. The third kappa shape index (κ3) is 3.08. The van der Waals surface area contributed by atoms with Gasteiger partial charge in [0.15, 0.2) is 0 Å². The summed E-state index contributed by atoms with van der Waals surface area (Å²) in [5.74, 6) is 0.824. The molecular formula is C13H17NO. The molecule has 1 aromatic rings. The SMILES string of the molecule is O=C1CCC[C@H](Cc2ccccc2)CN1. The van der Waals surface area contributed by atoms with Gasteiger partial charge in [0, 0.05) is 13.0 Å². The second-order valence-electron chi connectivity index (χ2n) is 4.25. The van der Waals surface area contributed by atoms with Crippen LogP contribution < -0.4 is 5.32 Å². The summed E-state index contributed by atoms with van der Waals surface area (Å²) < 4.78 is 0. The maximum Gasteiger partial charge on any atom is 0.220 e. The van der Waals surface area contributed by atoms with Crippen molar-refractivity contribution in [1.82, 2.24) is 5.32 Å². The monoisotopic (exact) mass is 203 g/mol. The summed E-state index contributed by atoms with van der Waals surface area (Å²) in [5.41, 5.74) is 1.37. The van der Waals surface area contributed by atoms with Crippen molar-refractivity contribution in [3.05, 3.63) is 35.9 Å². The lowest BCUT2D eigenvalue weighted by atomic mass is 9.95. The number of carbonyl (C=O) groups excluding carboxylic acids is 1. The molecule has 1 atom stereocenters. The van der Waals surface area contributed by atoms with Crippen molar-refractivity contribution < 1.29 is 4.79 Å². The van der Waals surface area contributed by atoms with Gasteiger partial charge in [-0.2, -0.15) is 0 Å². The van der Waals surface area contributed by atoms with Crippen molar-refractivity contribution in [2.24, 2.45) is 5.92 Å². The van der Waals surface area contributed by atoms with Crippen LogP contribution in [0.15, 0.2) is 30.3 Å². The summed E-state index contributed by atoms with van der Waals surface area (Å²) in [6, 6.07) is 10.5. The molecule has 2 heteroatoms. The predicted octanol–water partition coefficient (Wildman–Crippen LogP) is 2.15. The Labute approximate surface area is 90.7 Å². The first-order valence-corrected chi connectivity index (χ1v) is 5.65. The van der Waals surface area contributed by atoms with Crippen LogP contribution in [-0.2, 0) is 11.2 Å². The number of hydrogen-bond donors (Lipinski definition) is 1. The molecule has 1 heterocycles. The topological polar surface area (TPSA) is 29.1 Å². The number of benzene rings is 1. The fraction of sp³-hybridized carbons (Fsp3) is 0.462. The van der Waals surface area contributed by atoms with Crippen molar-refractivity contribution in [3.8, 4) is 0 Å². The first-order valence-electron chi connectivity index (χ1n) is 5.65. The minimum atomic E-state index is 0.213. The van der Waals surface area contributed by atoms with Gasteiger partial charge in [0.25, 0.3) is 0 Å². The van der Waals surface area contributed by atoms with Gasteiger partial charge in [0.2, 0.25) is 5.91 Å². The highest BCUT2D eigenvalue weighted by molar-refractivity contribution is 5.76. The van der Waals surface area contributed by atoms with E-state index < -0.39 is 0 Å². The van der Waals surface area contributed by atoms with E-state index in [0.717, 1.165) is 25.8 Å². The van der Waals surface area contributed by atoms with Crippen molar-refractivity contribution in [1.29, 1.82) is 0 Å². The van der Waals surface area contributed by atoms with Gasteiger partial charge in [-0.15, -0.1) is 0 Å². The number of hydrogen-bond acceptors (Lipinski definition) is 1. The van der Waals surface area contributed by atoms with E-state index in [1.165, 1.54) is 5.56 Å². The van der Waals surface area contributed by atoms with Crippen LogP contribution in [0.4, 0.5) is 0 Å². The summed E-state index contributed by atoms with van der Waals surface area (Å²) in [5, 5.41) is 2.98. The second-order valence-corrected chi connectivity index (χ2v) is 4.25. The Hall–Kier alpha value is -1.31. The van der Waals surface area contributed by atoms with Crippen molar-refractivity contribution in [3.63, 3.8) is 0 Å². The van der Waals surface area contributed by atoms with Crippen molar-refractivity contribution in [2.75, 3.05) is 6.54 Å². The molecule has 2 rings (SSSR count). The normalized spacial score (nSPS) is 21.9. The third-order valence-corrected chi connectivity index (χ3v) is 2.97. The summed E-state index contributed by atoms with van der Waals surface area (Å²) in [4.78, 5) is 11.2. The predicted molar refractivity (Wildman–Crippen MR) is 60.5 cm³/mol. The minimum Gasteiger partial charge on any atom is -0.356 e.